The third kappa shape index (κ3) is 2.09. The van der Waals surface area contributed by atoms with Crippen LogP contribution in [0.1, 0.15) is 51.8 Å². The highest BCUT2D eigenvalue weighted by Crippen LogP contribution is 2.64. The summed E-state index contributed by atoms with van der Waals surface area (Å²) in [6, 6.07) is 20.9. The first-order valence-electron chi connectivity index (χ1n) is 11.0. The highest BCUT2D eigenvalue weighted by atomic mass is 16.2. The predicted octanol–water partition coefficient (Wildman–Crippen LogP) is 5.18. The summed E-state index contributed by atoms with van der Waals surface area (Å²) in [6.07, 6.45) is 0. The number of rotatable bonds is 1. The van der Waals surface area contributed by atoms with Crippen LogP contribution in [0, 0.1) is 32.6 Å². The lowest BCUT2D eigenvalue weighted by molar-refractivity contribution is -0.123. The molecule has 2 amide bonds. The second kappa shape index (κ2) is 5.94. The highest BCUT2D eigenvalue weighted by molar-refractivity contribution is 6.24. The fraction of sp³-hybridized carbons (Fsp3) is 0.286. The molecular weight excluding hydrogens is 382 g/mol. The van der Waals surface area contributed by atoms with Gasteiger partial charge in [-0.3, -0.25) is 9.59 Å². The molecule has 31 heavy (non-hydrogen) atoms. The van der Waals surface area contributed by atoms with Gasteiger partial charge >= 0.3 is 0 Å². The van der Waals surface area contributed by atoms with Crippen LogP contribution in [0.15, 0.2) is 60.7 Å². The molecular formula is C28H25NO2. The van der Waals surface area contributed by atoms with E-state index in [2.05, 4.69) is 55.5 Å². The van der Waals surface area contributed by atoms with Crippen LogP contribution in [0.4, 0.5) is 5.69 Å². The van der Waals surface area contributed by atoms with Crippen LogP contribution in [-0.2, 0) is 15.0 Å². The molecule has 0 saturated carbocycles. The Hall–Kier alpha value is -3.20. The molecule has 154 valence electrons. The molecule has 2 bridgehead atoms. The third-order valence-electron chi connectivity index (χ3n) is 7.90. The van der Waals surface area contributed by atoms with Crippen molar-refractivity contribution in [1.82, 2.24) is 0 Å². The van der Waals surface area contributed by atoms with Crippen molar-refractivity contribution < 1.29 is 9.59 Å². The van der Waals surface area contributed by atoms with E-state index >= 15 is 0 Å². The van der Waals surface area contributed by atoms with Crippen molar-refractivity contribution in [3.8, 4) is 0 Å². The van der Waals surface area contributed by atoms with Crippen LogP contribution in [-0.4, -0.2) is 11.8 Å². The number of nitrogens with zero attached hydrogens (tertiary/aromatic N) is 1. The lowest BCUT2D eigenvalue weighted by Gasteiger charge is -2.52. The Bertz CT molecular complexity index is 1230. The van der Waals surface area contributed by atoms with Gasteiger partial charge in [-0.25, -0.2) is 4.90 Å². The second-order valence-electron chi connectivity index (χ2n) is 9.62. The number of amides is 2. The Labute approximate surface area is 182 Å². The number of carbonyl (C=O) groups excluding carboxylic acids is 2. The van der Waals surface area contributed by atoms with Crippen molar-refractivity contribution >= 4 is 17.5 Å². The van der Waals surface area contributed by atoms with Crippen molar-refractivity contribution in [2.45, 2.75) is 39.0 Å². The minimum Gasteiger partial charge on any atom is -0.274 e. The smallest absolute Gasteiger partial charge is 0.238 e. The number of imide groups is 1. The maximum atomic E-state index is 14.1. The van der Waals surface area contributed by atoms with Gasteiger partial charge in [0.2, 0.25) is 11.8 Å². The van der Waals surface area contributed by atoms with Crippen molar-refractivity contribution in [2.24, 2.45) is 11.8 Å². The van der Waals surface area contributed by atoms with Crippen molar-refractivity contribution in [2.75, 3.05) is 4.90 Å². The van der Waals surface area contributed by atoms with E-state index in [1.165, 1.54) is 27.2 Å². The van der Waals surface area contributed by atoms with Crippen LogP contribution >= 0.6 is 0 Å². The Morgan fingerprint density at radius 3 is 1.84 bits per heavy atom. The van der Waals surface area contributed by atoms with E-state index in [0.29, 0.717) is 0 Å². The van der Waals surface area contributed by atoms with Crippen LogP contribution in [0.3, 0.4) is 0 Å². The molecule has 3 aliphatic carbocycles. The normalized spacial score (nSPS) is 27.9. The maximum Gasteiger partial charge on any atom is 0.238 e. The largest absolute Gasteiger partial charge is 0.274 e. The van der Waals surface area contributed by atoms with Crippen LogP contribution in [0.2, 0.25) is 0 Å². The van der Waals surface area contributed by atoms with Gasteiger partial charge in [0.25, 0.3) is 0 Å². The first kappa shape index (κ1) is 18.6. The summed E-state index contributed by atoms with van der Waals surface area (Å²) in [7, 11) is 0. The van der Waals surface area contributed by atoms with E-state index in [0.717, 1.165) is 22.4 Å². The first-order chi connectivity index (χ1) is 14.9. The molecule has 0 N–H and O–H groups in total. The fourth-order valence-corrected chi connectivity index (χ4v) is 6.90. The average molecular weight is 408 g/mol. The Kier molecular flexibility index (Phi) is 3.56. The quantitative estimate of drug-likeness (QED) is 0.521. The number of hydrogen-bond donors (Lipinski definition) is 0. The predicted molar refractivity (Wildman–Crippen MR) is 121 cm³/mol. The fourth-order valence-electron chi connectivity index (χ4n) is 6.90. The molecule has 1 heterocycles. The van der Waals surface area contributed by atoms with Gasteiger partial charge in [-0.05, 0) is 54.2 Å². The molecule has 3 aromatic carbocycles. The van der Waals surface area contributed by atoms with Gasteiger partial charge in [0.05, 0.1) is 17.5 Å². The summed E-state index contributed by atoms with van der Waals surface area (Å²) < 4.78 is 0. The standard InChI is InChI=1S/C28H25NO2/c1-15-13-16(2)25(17(3)14-15)29-26(30)23-22-18-9-5-7-11-20(18)28(4,24(23)27(29)31)21-12-8-6-10-19(21)22/h5-14,22-24H,1-4H3/t22?,23-,24+,28?/m0/s1. The molecule has 0 unspecified atom stereocenters. The molecule has 3 nitrogen and oxygen atoms in total. The topological polar surface area (TPSA) is 37.4 Å². The number of carbonyl (C=O) groups is 2. The molecule has 1 fully saturated rings. The van der Waals surface area contributed by atoms with Gasteiger partial charge < -0.3 is 0 Å². The summed E-state index contributed by atoms with van der Waals surface area (Å²) in [5.41, 5.74) is 8.14. The summed E-state index contributed by atoms with van der Waals surface area (Å²) >= 11 is 0. The number of hydrogen-bond acceptors (Lipinski definition) is 2. The maximum absolute atomic E-state index is 14.1. The minimum absolute atomic E-state index is 0.0507. The van der Waals surface area contributed by atoms with Crippen LogP contribution in [0.25, 0.3) is 0 Å². The molecule has 1 aliphatic heterocycles. The molecule has 3 heteroatoms. The Balaban J connectivity index is 1.62. The molecule has 0 spiro atoms. The summed E-state index contributed by atoms with van der Waals surface area (Å²) in [4.78, 5) is 29.6. The van der Waals surface area contributed by atoms with Gasteiger partial charge in [-0.15, -0.1) is 0 Å². The number of aryl methyl sites for hydroxylation is 3. The monoisotopic (exact) mass is 407 g/mol. The second-order valence-corrected chi connectivity index (χ2v) is 9.62. The zero-order valence-corrected chi connectivity index (χ0v) is 18.3. The number of benzene rings is 3. The van der Waals surface area contributed by atoms with Gasteiger partial charge in [0.15, 0.2) is 0 Å². The van der Waals surface area contributed by atoms with E-state index in [1.54, 1.807) is 0 Å². The molecule has 2 atom stereocenters. The number of anilines is 1. The molecule has 4 aliphatic rings. The molecule has 0 aromatic heterocycles. The zero-order chi connectivity index (χ0) is 21.7. The van der Waals surface area contributed by atoms with Crippen LogP contribution in [0.5, 0.6) is 0 Å². The van der Waals surface area contributed by atoms with E-state index in [9.17, 15) is 9.59 Å². The van der Waals surface area contributed by atoms with E-state index in [1.807, 2.05) is 32.9 Å². The Morgan fingerprint density at radius 1 is 0.774 bits per heavy atom. The van der Waals surface area contributed by atoms with Crippen molar-refractivity contribution in [1.29, 1.82) is 0 Å². The molecule has 3 aromatic rings. The van der Waals surface area contributed by atoms with E-state index in [4.69, 9.17) is 0 Å². The van der Waals surface area contributed by atoms with E-state index < -0.39 is 5.41 Å². The van der Waals surface area contributed by atoms with Crippen molar-refractivity contribution in [3.05, 3.63) is 99.6 Å². The lowest BCUT2D eigenvalue weighted by Crippen LogP contribution is -2.51. The van der Waals surface area contributed by atoms with Crippen LogP contribution < -0.4 is 4.90 Å². The SMILES string of the molecule is Cc1cc(C)c(N2C(=O)[C@H]3C4c5ccccc5C(C)(c5ccccc54)[C@H]3C2=O)c(C)c1. The van der Waals surface area contributed by atoms with E-state index in [-0.39, 0.29) is 29.6 Å². The summed E-state index contributed by atoms with van der Waals surface area (Å²) in [6.45, 7) is 8.21. The van der Waals surface area contributed by atoms with Crippen molar-refractivity contribution in [3.63, 3.8) is 0 Å². The molecule has 7 rings (SSSR count). The summed E-state index contributed by atoms with van der Waals surface area (Å²) in [5.74, 6) is -0.920. The molecule has 1 saturated heterocycles. The minimum atomic E-state index is -0.513. The van der Waals surface area contributed by atoms with Gasteiger partial charge in [-0.1, -0.05) is 73.2 Å². The zero-order valence-electron chi connectivity index (χ0n) is 18.3. The average Bonchev–Trinajstić information content (AvgIpc) is 3.00. The Morgan fingerprint density at radius 2 is 1.29 bits per heavy atom. The van der Waals surface area contributed by atoms with Gasteiger partial charge in [0, 0.05) is 11.3 Å². The first-order valence-corrected chi connectivity index (χ1v) is 11.0. The molecule has 0 radical (unpaired) electrons. The van der Waals surface area contributed by atoms with Gasteiger partial charge in [0.1, 0.15) is 0 Å². The lowest BCUT2D eigenvalue weighted by atomic mass is 9.48. The van der Waals surface area contributed by atoms with Gasteiger partial charge in [-0.2, -0.15) is 0 Å². The third-order valence-corrected chi connectivity index (χ3v) is 7.90. The summed E-state index contributed by atoms with van der Waals surface area (Å²) in [5, 5.41) is 0. The highest BCUT2D eigenvalue weighted by Gasteiger charge is 2.66.